The zero-order chi connectivity index (χ0) is 25.6. The first-order valence-electron chi connectivity index (χ1n) is 11.1. The van der Waals surface area contributed by atoms with E-state index in [2.05, 4.69) is 5.32 Å². The van der Waals surface area contributed by atoms with Crippen molar-refractivity contribution in [2.24, 2.45) is 0 Å². The summed E-state index contributed by atoms with van der Waals surface area (Å²) in [4.78, 5) is 27.8. The van der Waals surface area contributed by atoms with Gasteiger partial charge in [-0.05, 0) is 69.5 Å². The summed E-state index contributed by atoms with van der Waals surface area (Å²) in [7, 11) is -2.22. The Morgan fingerprint density at radius 1 is 1.06 bits per heavy atom. The number of hydrogen-bond acceptors (Lipinski definition) is 5. The van der Waals surface area contributed by atoms with Gasteiger partial charge in [0, 0.05) is 12.6 Å². The normalized spacial score (nSPS) is 12.2. The predicted molar refractivity (Wildman–Crippen MR) is 134 cm³/mol. The van der Waals surface area contributed by atoms with Crippen molar-refractivity contribution >= 4 is 27.5 Å². The molecule has 0 saturated heterocycles. The monoisotopic (exact) mass is 489 g/mol. The summed E-state index contributed by atoms with van der Waals surface area (Å²) in [6, 6.07) is 11.7. The fourth-order valence-corrected chi connectivity index (χ4v) is 4.44. The maximum Gasteiger partial charge on any atom is 0.244 e. The van der Waals surface area contributed by atoms with E-state index in [4.69, 9.17) is 4.74 Å². The number of sulfonamides is 1. The van der Waals surface area contributed by atoms with Gasteiger partial charge >= 0.3 is 0 Å². The van der Waals surface area contributed by atoms with Gasteiger partial charge in [-0.1, -0.05) is 24.3 Å². The number of carbonyl (C=O) groups is 2. The van der Waals surface area contributed by atoms with Crippen LogP contribution in [0.2, 0.25) is 0 Å². The third kappa shape index (κ3) is 7.21. The Hall–Kier alpha value is -3.07. The van der Waals surface area contributed by atoms with Gasteiger partial charge in [0.05, 0.1) is 19.1 Å². The summed E-state index contributed by atoms with van der Waals surface area (Å²) < 4.78 is 31.8. The number of hydrogen-bond donors (Lipinski definition) is 1. The van der Waals surface area contributed by atoms with Crippen molar-refractivity contribution in [1.82, 2.24) is 10.2 Å². The molecule has 0 aliphatic heterocycles. The van der Waals surface area contributed by atoms with Gasteiger partial charge in [0.25, 0.3) is 0 Å². The number of nitrogens with one attached hydrogen (secondary N) is 1. The molecule has 0 aliphatic carbocycles. The lowest BCUT2D eigenvalue weighted by molar-refractivity contribution is -0.139. The van der Waals surface area contributed by atoms with Crippen LogP contribution in [0.15, 0.2) is 42.5 Å². The molecule has 0 heterocycles. The molecule has 0 unspecified atom stereocenters. The summed E-state index contributed by atoms with van der Waals surface area (Å²) in [5.41, 5.74) is 2.80. The van der Waals surface area contributed by atoms with E-state index in [1.165, 1.54) is 4.90 Å². The van der Waals surface area contributed by atoms with Crippen LogP contribution in [0.4, 0.5) is 5.69 Å². The van der Waals surface area contributed by atoms with E-state index in [-0.39, 0.29) is 18.5 Å². The van der Waals surface area contributed by atoms with E-state index < -0.39 is 28.5 Å². The van der Waals surface area contributed by atoms with Crippen LogP contribution < -0.4 is 14.4 Å². The van der Waals surface area contributed by atoms with Crippen LogP contribution >= 0.6 is 0 Å². The molecule has 2 amide bonds. The van der Waals surface area contributed by atoms with Crippen LogP contribution in [0.1, 0.15) is 37.5 Å². The number of ether oxygens (including phenoxy) is 1. The highest BCUT2D eigenvalue weighted by atomic mass is 32.2. The molecule has 34 heavy (non-hydrogen) atoms. The number of aryl methyl sites for hydroxylation is 2. The highest BCUT2D eigenvalue weighted by Gasteiger charge is 2.30. The average molecular weight is 490 g/mol. The van der Waals surface area contributed by atoms with Crippen molar-refractivity contribution in [2.45, 2.75) is 53.2 Å². The number of anilines is 1. The van der Waals surface area contributed by atoms with Crippen LogP contribution in [-0.4, -0.2) is 57.1 Å². The SMILES string of the molecule is COc1cccc(CN(C(=O)CN(c2cc(C)ccc2C)S(C)(=O)=O)[C@@H](C)C(=O)NC(C)C)c1. The standard InChI is InChI=1S/C25H35N3O5S/c1-17(2)26-25(30)20(5)27(15-21-9-8-10-22(14-21)33-6)24(29)16-28(34(7,31)32)23-13-18(3)11-12-19(23)4/h8-14,17,20H,15-16H2,1-7H3,(H,26,30)/t20-/m0/s1. The zero-order valence-corrected chi connectivity index (χ0v) is 21.8. The number of carbonyl (C=O) groups excluding carboxylic acids is 2. The molecule has 0 spiro atoms. The first kappa shape index (κ1) is 27.2. The molecule has 0 saturated carbocycles. The molecule has 0 aliphatic rings. The van der Waals surface area contributed by atoms with E-state index in [0.717, 1.165) is 27.3 Å². The Morgan fingerprint density at radius 2 is 1.74 bits per heavy atom. The average Bonchev–Trinajstić information content (AvgIpc) is 2.75. The van der Waals surface area contributed by atoms with Crippen molar-refractivity contribution in [2.75, 3.05) is 24.2 Å². The van der Waals surface area contributed by atoms with Crippen LogP contribution in [0, 0.1) is 13.8 Å². The lowest BCUT2D eigenvalue weighted by atomic mass is 10.1. The predicted octanol–water partition coefficient (Wildman–Crippen LogP) is 3.02. The van der Waals surface area contributed by atoms with Gasteiger partial charge in [0.15, 0.2) is 0 Å². The highest BCUT2D eigenvalue weighted by molar-refractivity contribution is 7.92. The maximum atomic E-state index is 13.6. The maximum absolute atomic E-state index is 13.6. The summed E-state index contributed by atoms with van der Waals surface area (Å²) in [5.74, 6) is -0.179. The smallest absolute Gasteiger partial charge is 0.244 e. The van der Waals surface area contributed by atoms with Crippen LogP contribution in [-0.2, 0) is 26.2 Å². The van der Waals surface area contributed by atoms with Crippen molar-refractivity contribution in [3.8, 4) is 5.75 Å². The van der Waals surface area contributed by atoms with E-state index in [0.29, 0.717) is 11.4 Å². The minimum atomic E-state index is -3.77. The van der Waals surface area contributed by atoms with Gasteiger partial charge < -0.3 is 15.0 Å². The number of methoxy groups -OCH3 is 1. The molecule has 8 nitrogen and oxygen atoms in total. The lowest BCUT2D eigenvalue weighted by Gasteiger charge is -2.32. The molecule has 0 bridgehead atoms. The van der Waals surface area contributed by atoms with Crippen LogP contribution in [0.3, 0.4) is 0 Å². The Balaban J connectivity index is 2.45. The second kappa shape index (κ2) is 11.4. The number of rotatable bonds is 10. The van der Waals surface area contributed by atoms with Gasteiger partial charge in [0.1, 0.15) is 18.3 Å². The van der Waals surface area contributed by atoms with E-state index in [1.807, 2.05) is 39.0 Å². The molecule has 2 aromatic carbocycles. The van der Waals surface area contributed by atoms with E-state index >= 15 is 0 Å². The van der Waals surface area contributed by atoms with E-state index in [9.17, 15) is 18.0 Å². The molecule has 186 valence electrons. The largest absolute Gasteiger partial charge is 0.497 e. The minimum absolute atomic E-state index is 0.105. The minimum Gasteiger partial charge on any atom is -0.497 e. The number of benzene rings is 2. The van der Waals surface area contributed by atoms with Crippen LogP contribution in [0.5, 0.6) is 5.75 Å². The molecule has 0 fully saturated rings. The van der Waals surface area contributed by atoms with Crippen molar-refractivity contribution in [3.05, 3.63) is 59.2 Å². The Labute approximate surface area is 202 Å². The molecule has 1 atom stereocenters. The summed E-state index contributed by atoms with van der Waals surface area (Å²) in [6.07, 6.45) is 1.07. The molecular formula is C25H35N3O5S. The number of nitrogens with zero attached hydrogens (tertiary/aromatic N) is 2. The summed E-state index contributed by atoms with van der Waals surface area (Å²) >= 11 is 0. The molecular weight excluding hydrogens is 454 g/mol. The molecule has 0 radical (unpaired) electrons. The molecule has 0 aromatic heterocycles. The molecule has 1 N–H and O–H groups in total. The fourth-order valence-electron chi connectivity index (χ4n) is 3.54. The fraction of sp³-hybridized carbons (Fsp3) is 0.440. The molecule has 2 rings (SSSR count). The zero-order valence-electron chi connectivity index (χ0n) is 21.0. The Morgan fingerprint density at radius 3 is 2.32 bits per heavy atom. The van der Waals surface area contributed by atoms with Crippen molar-refractivity contribution in [3.63, 3.8) is 0 Å². The Bertz CT molecular complexity index is 1130. The number of amides is 2. The Kier molecular flexibility index (Phi) is 9.09. The van der Waals surface area contributed by atoms with E-state index in [1.54, 1.807) is 45.2 Å². The third-order valence-corrected chi connectivity index (χ3v) is 6.52. The van der Waals surface area contributed by atoms with Gasteiger partial charge in [-0.3, -0.25) is 13.9 Å². The van der Waals surface area contributed by atoms with Gasteiger partial charge in [-0.25, -0.2) is 8.42 Å². The first-order chi connectivity index (χ1) is 15.8. The lowest BCUT2D eigenvalue weighted by Crippen LogP contribution is -2.52. The molecule has 2 aromatic rings. The first-order valence-corrected chi connectivity index (χ1v) is 13.0. The topological polar surface area (TPSA) is 96.0 Å². The quantitative estimate of drug-likeness (QED) is 0.554. The highest BCUT2D eigenvalue weighted by Crippen LogP contribution is 2.25. The van der Waals surface area contributed by atoms with Crippen LogP contribution in [0.25, 0.3) is 0 Å². The summed E-state index contributed by atoms with van der Waals surface area (Å²) in [5, 5.41) is 2.83. The van der Waals surface area contributed by atoms with Gasteiger partial charge in [0.2, 0.25) is 21.8 Å². The van der Waals surface area contributed by atoms with Crippen molar-refractivity contribution < 1.29 is 22.7 Å². The van der Waals surface area contributed by atoms with Gasteiger partial charge in [-0.15, -0.1) is 0 Å². The second-order valence-electron chi connectivity index (χ2n) is 8.77. The van der Waals surface area contributed by atoms with Crippen molar-refractivity contribution in [1.29, 1.82) is 0 Å². The summed E-state index contributed by atoms with van der Waals surface area (Å²) in [6.45, 7) is 8.66. The third-order valence-electron chi connectivity index (χ3n) is 5.40. The second-order valence-corrected chi connectivity index (χ2v) is 10.7. The van der Waals surface area contributed by atoms with Gasteiger partial charge in [-0.2, -0.15) is 0 Å². The molecule has 9 heteroatoms.